The highest BCUT2D eigenvalue weighted by Crippen LogP contribution is 2.15. The van der Waals surface area contributed by atoms with Gasteiger partial charge in [0.25, 0.3) is 0 Å². The SMILES string of the molecule is C=C([Si]Cl)c1ccccc1C. The maximum Gasteiger partial charge on any atom is 0.210 e. The van der Waals surface area contributed by atoms with Crippen molar-refractivity contribution in [2.24, 2.45) is 0 Å². The van der Waals surface area contributed by atoms with Crippen molar-refractivity contribution in [2.45, 2.75) is 6.92 Å². The first kappa shape index (κ1) is 8.56. The number of hydrogen-bond acceptors (Lipinski definition) is 0. The van der Waals surface area contributed by atoms with Crippen LogP contribution in [-0.2, 0) is 0 Å². The third kappa shape index (κ3) is 1.95. The summed E-state index contributed by atoms with van der Waals surface area (Å²) in [4.78, 5) is 0. The maximum atomic E-state index is 5.69. The molecule has 2 radical (unpaired) electrons. The number of benzene rings is 1. The fraction of sp³-hybridized carbons (Fsp3) is 0.111. The lowest BCUT2D eigenvalue weighted by molar-refractivity contribution is 1.44. The molecule has 0 nitrogen and oxygen atoms in total. The Labute approximate surface area is 74.4 Å². The molecule has 0 N–H and O–H groups in total. The van der Waals surface area contributed by atoms with Crippen molar-refractivity contribution in [3.63, 3.8) is 0 Å². The van der Waals surface area contributed by atoms with Gasteiger partial charge in [-0.25, -0.2) is 0 Å². The van der Waals surface area contributed by atoms with Gasteiger partial charge in [-0.15, -0.1) is 0 Å². The van der Waals surface area contributed by atoms with Gasteiger partial charge in [-0.1, -0.05) is 30.8 Å². The van der Waals surface area contributed by atoms with E-state index in [-0.39, 0.29) is 8.83 Å². The molecule has 0 aliphatic carbocycles. The van der Waals surface area contributed by atoms with Crippen LogP contribution in [0, 0.1) is 6.92 Å². The summed E-state index contributed by atoms with van der Waals surface area (Å²) in [7, 11) is 0.283. The van der Waals surface area contributed by atoms with Crippen molar-refractivity contribution in [1.82, 2.24) is 0 Å². The Bertz CT molecular complexity index is 268. The molecule has 0 atom stereocenters. The Morgan fingerprint density at radius 1 is 1.45 bits per heavy atom. The average Bonchev–Trinajstić information content (AvgIpc) is 2.04. The second-order valence-electron chi connectivity index (χ2n) is 2.39. The van der Waals surface area contributed by atoms with E-state index in [9.17, 15) is 0 Å². The van der Waals surface area contributed by atoms with E-state index in [4.69, 9.17) is 11.1 Å². The van der Waals surface area contributed by atoms with Gasteiger partial charge in [-0.3, -0.25) is 0 Å². The zero-order chi connectivity index (χ0) is 8.27. The van der Waals surface area contributed by atoms with Crippen molar-refractivity contribution in [2.75, 3.05) is 0 Å². The highest BCUT2D eigenvalue weighted by molar-refractivity contribution is 7.04. The summed E-state index contributed by atoms with van der Waals surface area (Å²) < 4.78 is 0. The molecule has 0 saturated carbocycles. The average molecular weight is 181 g/mol. The highest BCUT2D eigenvalue weighted by atomic mass is 35.6. The van der Waals surface area contributed by atoms with Crippen molar-refractivity contribution in [3.8, 4) is 0 Å². The van der Waals surface area contributed by atoms with E-state index in [1.807, 2.05) is 18.2 Å². The fourth-order valence-electron chi connectivity index (χ4n) is 0.962. The molecule has 11 heavy (non-hydrogen) atoms. The predicted molar refractivity (Wildman–Crippen MR) is 51.8 cm³/mol. The number of aryl methyl sites for hydroxylation is 1. The van der Waals surface area contributed by atoms with Crippen LogP contribution < -0.4 is 0 Å². The molecule has 1 aromatic rings. The van der Waals surface area contributed by atoms with Gasteiger partial charge in [0, 0.05) is 0 Å². The standard InChI is InChI=1S/C9H9ClSi/c1-7-5-3-4-6-9(7)8(2)11-10/h3-6H,2H2,1H3. The van der Waals surface area contributed by atoms with Crippen LogP contribution in [0.4, 0.5) is 0 Å². The van der Waals surface area contributed by atoms with E-state index < -0.39 is 0 Å². The lowest BCUT2D eigenvalue weighted by Gasteiger charge is -2.03. The van der Waals surface area contributed by atoms with Crippen LogP contribution in [0.5, 0.6) is 0 Å². The van der Waals surface area contributed by atoms with Crippen LogP contribution in [0.15, 0.2) is 30.8 Å². The van der Waals surface area contributed by atoms with Gasteiger partial charge in [-0.05, 0) is 23.2 Å². The molecular weight excluding hydrogens is 172 g/mol. The number of rotatable bonds is 2. The molecule has 56 valence electrons. The lowest BCUT2D eigenvalue weighted by Crippen LogP contribution is -1.89. The van der Waals surface area contributed by atoms with Crippen molar-refractivity contribution in [1.29, 1.82) is 0 Å². The molecule has 0 heterocycles. The third-order valence-corrected chi connectivity index (χ3v) is 2.77. The topological polar surface area (TPSA) is 0 Å². The van der Waals surface area contributed by atoms with Crippen LogP contribution in [0.1, 0.15) is 11.1 Å². The molecule has 0 saturated heterocycles. The van der Waals surface area contributed by atoms with E-state index in [2.05, 4.69) is 19.6 Å². The van der Waals surface area contributed by atoms with Gasteiger partial charge in [0.2, 0.25) is 8.83 Å². The van der Waals surface area contributed by atoms with Crippen LogP contribution >= 0.6 is 11.1 Å². The molecule has 0 aromatic heterocycles. The number of halogens is 1. The Morgan fingerprint density at radius 2 is 2.09 bits per heavy atom. The summed E-state index contributed by atoms with van der Waals surface area (Å²) in [5.74, 6) is 0. The molecule has 1 aromatic carbocycles. The first-order valence-electron chi connectivity index (χ1n) is 3.37. The number of hydrogen-bond donors (Lipinski definition) is 0. The quantitative estimate of drug-likeness (QED) is 0.485. The van der Waals surface area contributed by atoms with Crippen molar-refractivity contribution >= 4 is 25.1 Å². The van der Waals surface area contributed by atoms with E-state index >= 15 is 0 Å². The molecule has 0 unspecified atom stereocenters. The molecule has 0 spiro atoms. The lowest BCUT2D eigenvalue weighted by atomic mass is 10.1. The first-order valence-corrected chi connectivity index (χ1v) is 5.38. The molecular formula is C9H9ClSi. The normalized spacial score (nSPS) is 9.64. The van der Waals surface area contributed by atoms with Crippen LogP contribution in [0.25, 0.3) is 5.20 Å². The predicted octanol–water partition coefficient (Wildman–Crippen LogP) is 2.82. The van der Waals surface area contributed by atoms with E-state index in [1.165, 1.54) is 11.1 Å². The minimum Gasteiger partial charge on any atom is -0.165 e. The van der Waals surface area contributed by atoms with Gasteiger partial charge in [0.1, 0.15) is 0 Å². The Kier molecular flexibility index (Phi) is 2.91. The second kappa shape index (κ2) is 3.74. The van der Waals surface area contributed by atoms with Gasteiger partial charge >= 0.3 is 0 Å². The molecule has 0 amide bonds. The minimum absolute atomic E-state index is 0.283. The smallest absolute Gasteiger partial charge is 0.165 e. The van der Waals surface area contributed by atoms with Gasteiger partial charge < -0.3 is 0 Å². The Hall–Kier alpha value is -0.533. The zero-order valence-corrected chi connectivity index (χ0v) is 8.15. The second-order valence-corrected chi connectivity index (χ2v) is 3.75. The summed E-state index contributed by atoms with van der Waals surface area (Å²) in [6.45, 7) is 5.95. The molecule has 0 fully saturated rings. The molecule has 0 aliphatic heterocycles. The van der Waals surface area contributed by atoms with Gasteiger partial charge in [-0.2, -0.15) is 11.1 Å². The fourth-order valence-corrected chi connectivity index (χ4v) is 1.65. The Balaban J connectivity index is 3.03. The summed E-state index contributed by atoms with van der Waals surface area (Å²) in [6, 6.07) is 8.14. The van der Waals surface area contributed by atoms with Crippen LogP contribution in [-0.4, -0.2) is 8.83 Å². The summed E-state index contributed by atoms with van der Waals surface area (Å²) in [5, 5.41) is 1.02. The summed E-state index contributed by atoms with van der Waals surface area (Å²) >= 11 is 5.69. The monoisotopic (exact) mass is 180 g/mol. The zero-order valence-electron chi connectivity index (χ0n) is 6.39. The largest absolute Gasteiger partial charge is 0.210 e. The highest BCUT2D eigenvalue weighted by Gasteiger charge is 2.00. The van der Waals surface area contributed by atoms with Crippen LogP contribution in [0.3, 0.4) is 0 Å². The summed E-state index contributed by atoms with van der Waals surface area (Å²) in [5.41, 5.74) is 2.42. The van der Waals surface area contributed by atoms with E-state index in [0.29, 0.717) is 0 Å². The first-order chi connectivity index (χ1) is 5.25. The van der Waals surface area contributed by atoms with Crippen LogP contribution in [0.2, 0.25) is 0 Å². The molecule has 0 bridgehead atoms. The molecule has 2 heteroatoms. The van der Waals surface area contributed by atoms with Crippen molar-refractivity contribution in [3.05, 3.63) is 42.0 Å². The minimum atomic E-state index is 0.283. The van der Waals surface area contributed by atoms with Gasteiger partial charge in [0.05, 0.1) is 0 Å². The maximum absolute atomic E-state index is 5.69. The Morgan fingerprint density at radius 3 is 2.64 bits per heavy atom. The third-order valence-electron chi connectivity index (χ3n) is 1.58. The molecule has 0 aliphatic rings. The van der Waals surface area contributed by atoms with E-state index in [1.54, 1.807) is 0 Å². The summed E-state index contributed by atoms with van der Waals surface area (Å²) in [6.07, 6.45) is 0. The van der Waals surface area contributed by atoms with E-state index in [0.717, 1.165) is 5.20 Å². The van der Waals surface area contributed by atoms with Gasteiger partial charge in [0.15, 0.2) is 0 Å². The molecule has 1 rings (SSSR count). The van der Waals surface area contributed by atoms with Crippen molar-refractivity contribution < 1.29 is 0 Å².